The third kappa shape index (κ3) is 14.2. The topological polar surface area (TPSA) is 24.4 Å². The summed E-state index contributed by atoms with van der Waals surface area (Å²) in [6.07, 6.45) is 0. The predicted octanol–water partition coefficient (Wildman–Crippen LogP) is 34.3. The van der Waals surface area contributed by atoms with Crippen LogP contribution in [0.25, 0.3) is 79.0 Å². The molecule has 600 valence electrons. The molecule has 0 saturated carbocycles. The Morgan fingerprint density at radius 2 is 0.452 bits per heavy atom. The first-order chi connectivity index (χ1) is 62.3. The minimum Gasteiger partial charge on any atom is -0.311 e. The van der Waals surface area contributed by atoms with Crippen molar-refractivity contribution in [1.29, 1.82) is 0 Å². The second-order valence-corrected chi connectivity index (χ2v) is 34.6. The lowest BCUT2D eigenvalue weighted by atomic mass is 9.82. The molecule has 7 nitrogen and oxygen atoms in total. The number of anilines is 18. The zero-order valence-electron chi connectivity index (χ0n) is 69.6. The van der Waals surface area contributed by atoms with E-state index in [4.69, 9.17) is 0 Å². The fraction of sp³-hybridized carbons (Fsp3) is 0.0256. The fourth-order valence-electron chi connectivity index (χ4n) is 18.7. The average molecular weight is 1650 g/mol. The van der Waals surface area contributed by atoms with Gasteiger partial charge < -0.3 is 34.0 Å². The van der Waals surface area contributed by atoms with Crippen LogP contribution in [0.5, 0.6) is 0 Å². The van der Waals surface area contributed by atoms with Crippen molar-refractivity contribution in [1.82, 2.24) is 4.57 Å². The average Bonchev–Trinajstić information content (AvgIpc) is 1.56. The van der Waals surface area contributed by atoms with E-state index in [0.717, 1.165) is 102 Å². The van der Waals surface area contributed by atoms with E-state index < -0.39 is 0 Å². The van der Waals surface area contributed by atoms with Crippen molar-refractivity contribution in [2.45, 2.75) is 19.3 Å². The molecule has 3 heterocycles. The van der Waals surface area contributed by atoms with Crippen LogP contribution in [-0.4, -0.2) is 4.57 Å². The first-order valence-electron chi connectivity index (χ1n) is 42.9. The van der Waals surface area contributed by atoms with Gasteiger partial charge in [-0.3, -0.25) is 0 Å². The summed E-state index contributed by atoms with van der Waals surface area (Å²) in [7, 11) is 0. The van der Waals surface area contributed by atoms with Gasteiger partial charge in [0.05, 0.1) is 11.0 Å². The van der Waals surface area contributed by atoms with Crippen molar-refractivity contribution in [2.75, 3.05) is 29.4 Å². The number of fused-ring (bicyclic) bond motifs is 12. The summed E-state index contributed by atoms with van der Waals surface area (Å²) in [5.41, 5.74) is 28.8. The Hall–Kier alpha value is -15.8. The number of nitrogens with zero attached hydrogens (tertiary/aromatic N) is 7. The molecule has 0 spiro atoms. The van der Waals surface area contributed by atoms with Crippen molar-refractivity contribution in [3.05, 3.63) is 490 Å². The minimum atomic E-state index is -0.109. The molecule has 3 aromatic heterocycles. The van der Waals surface area contributed by atoms with Gasteiger partial charge in [0.2, 0.25) is 0 Å². The van der Waals surface area contributed by atoms with Crippen molar-refractivity contribution in [3.8, 4) is 16.8 Å². The molecule has 0 saturated heterocycles. The lowest BCUT2D eigenvalue weighted by Crippen LogP contribution is -2.15. The Balaban J connectivity index is 0.000000159. The van der Waals surface area contributed by atoms with E-state index in [0.29, 0.717) is 0 Å². The summed E-state index contributed by atoms with van der Waals surface area (Å²) in [4.78, 5) is 14.1. The Bertz CT molecular complexity index is 7520. The zero-order chi connectivity index (χ0) is 84.0. The maximum absolute atomic E-state index is 2.46. The Morgan fingerprint density at radius 1 is 0.175 bits per heavy atom. The van der Waals surface area contributed by atoms with Crippen LogP contribution in [0.15, 0.2) is 479 Å². The largest absolute Gasteiger partial charge is 0.311 e. The van der Waals surface area contributed by atoms with Crippen molar-refractivity contribution in [2.24, 2.45) is 0 Å². The second-order valence-electron chi connectivity index (χ2n) is 32.4. The smallest absolute Gasteiger partial charge is 0.0542 e. The highest BCUT2D eigenvalue weighted by Gasteiger charge is 2.36. The predicted molar refractivity (Wildman–Crippen MR) is 539 cm³/mol. The van der Waals surface area contributed by atoms with Gasteiger partial charge in [-0.1, -0.05) is 244 Å². The molecule has 22 aromatic rings. The van der Waals surface area contributed by atoms with Crippen LogP contribution in [0.4, 0.5) is 102 Å². The van der Waals surface area contributed by atoms with E-state index in [2.05, 4.69) is 527 Å². The molecule has 0 atom stereocenters. The lowest BCUT2D eigenvalue weighted by molar-refractivity contribution is 0.660. The summed E-state index contributed by atoms with van der Waals surface area (Å²) in [6.45, 7) is 4.72. The molecule has 1 aliphatic rings. The summed E-state index contributed by atoms with van der Waals surface area (Å²) < 4.78 is 7.48. The molecule has 0 radical (unpaired) electrons. The standard InChI is InChI=1S/C69H50N4S.C48H35N3S/c1-69(2)63-32-17-15-30-57(63)58-38-34-55(45-64(58)69)73-65-33-18-16-31-59(65)61-43-53(36-40-66(61)73)72(52-29-19-28-51(42-52)70(47-20-7-3-8-21-47)48-22-9-4-10-23-48)56-35-39-60-62-44-54(37-41-67(62)74-68(60)46-56)71(49-24-11-5-12-25-49)50-26-13-6-14-27-50;1-6-16-36(17-7-1)49(37-18-8-2-9-19-37)41-26-28-42(29-27-41)51(40-24-14-5-15-25-40)44-30-32-45-46-34-43(31-33-47(46)52-48(45)35-44)50(38-20-10-3-11-21-38)39-22-12-4-13-23-39/h3-46H,1-2H3;1-35H. The number of thiophene rings is 2. The molecule has 0 amide bonds. The van der Waals surface area contributed by atoms with Gasteiger partial charge in [0.15, 0.2) is 0 Å². The number of benzene rings is 19. The van der Waals surface area contributed by atoms with Crippen LogP contribution in [0.3, 0.4) is 0 Å². The summed E-state index contributed by atoms with van der Waals surface area (Å²) >= 11 is 3.70. The van der Waals surface area contributed by atoms with Crippen LogP contribution >= 0.6 is 22.7 Å². The maximum Gasteiger partial charge on any atom is 0.0542 e. The van der Waals surface area contributed by atoms with Gasteiger partial charge in [-0.15, -0.1) is 22.7 Å². The highest BCUT2D eigenvalue weighted by molar-refractivity contribution is 7.26. The van der Waals surface area contributed by atoms with Gasteiger partial charge in [0, 0.05) is 165 Å². The Morgan fingerprint density at radius 3 is 0.857 bits per heavy atom. The number of aromatic nitrogens is 1. The number of hydrogen-bond donors (Lipinski definition) is 0. The van der Waals surface area contributed by atoms with E-state index in [1.807, 2.05) is 22.7 Å². The van der Waals surface area contributed by atoms with E-state index in [1.165, 1.54) is 90.1 Å². The summed E-state index contributed by atoms with van der Waals surface area (Å²) in [5, 5.41) is 7.43. The molecule has 0 fully saturated rings. The van der Waals surface area contributed by atoms with Gasteiger partial charge in [-0.2, -0.15) is 0 Å². The van der Waals surface area contributed by atoms with Gasteiger partial charge in [0.25, 0.3) is 0 Å². The van der Waals surface area contributed by atoms with Crippen molar-refractivity contribution < 1.29 is 0 Å². The maximum atomic E-state index is 2.46. The van der Waals surface area contributed by atoms with E-state index in [-0.39, 0.29) is 5.41 Å². The third-order valence-electron chi connectivity index (χ3n) is 24.5. The molecule has 23 rings (SSSR count). The van der Waals surface area contributed by atoms with Gasteiger partial charge in [-0.05, 0) is 271 Å². The van der Waals surface area contributed by atoms with Crippen LogP contribution in [-0.2, 0) is 5.41 Å². The highest BCUT2D eigenvalue weighted by Crippen LogP contribution is 2.53. The zero-order valence-corrected chi connectivity index (χ0v) is 71.2. The van der Waals surface area contributed by atoms with Gasteiger partial charge >= 0.3 is 0 Å². The van der Waals surface area contributed by atoms with Crippen LogP contribution in [0.1, 0.15) is 25.0 Å². The third-order valence-corrected chi connectivity index (χ3v) is 26.8. The monoisotopic (exact) mass is 1650 g/mol. The molecular formula is C117H85N7S2. The van der Waals surface area contributed by atoms with Gasteiger partial charge in [0.1, 0.15) is 0 Å². The van der Waals surface area contributed by atoms with Crippen molar-refractivity contribution >= 4 is 187 Å². The summed E-state index contributed by atoms with van der Waals surface area (Å²) in [6, 6.07) is 173. The molecule has 0 aliphatic heterocycles. The fourth-order valence-corrected chi connectivity index (χ4v) is 20.9. The molecular weight excluding hydrogens is 1570 g/mol. The number of rotatable bonds is 19. The molecule has 0 unspecified atom stereocenters. The van der Waals surface area contributed by atoms with Crippen molar-refractivity contribution in [3.63, 3.8) is 0 Å². The molecule has 0 N–H and O–H groups in total. The molecule has 1 aliphatic carbocycles. The summed E-state index contributed by atoms with van der Waals surface area (Å²) in [5.74, 6) is 0. The molecule has 126 heavy (non-hydrogen) atoms. The molecule has 9 heteroatoms. The van der Waals surface area contributed by atoms with Crippen LogP contribution in [0.2, 0.25) is 0 Å². The normalized spacial score (nSPS) is 12.0. The van der Waals surface area contributed by atoms with Crippen LogP contribution < -0.4 is 29.4 Å². The SMILES string of the molecule is CC1(C)c2ccccc2-c2ccc(-n3c4ccccc4c4cc(N(c5cccc(N(c6ccccc6)c6ccccc6)c5)c5ccc6c(c5)sc5ccc(N(c7ccccc7)c7ccccc7)cc56)ccc43)cc21.c1ccc(N(c2ccccc2)c2ccc(N(c3ccccc3)c3ccc4c(c3)sc3ccc(N(c5ccccc5)c5ccccc5)cc34)cc2)cc1. The first-order valence-corrected chi connectivity index (χ1v) is 44.6. The lowest BCUT2D eigenvalue weighted by Gasteiger charge is -2.29. The minimum absolute atomic E-state index is 0.109. The quantitative estimate of drug-likeness (QED) is 0.0800. The number of para-hydroxylation sites is 10. The Kier molecular flexibility index (Phi) is 19.9. The van der Waals surface area contributed by atoms with E-state index >= 15 is 0 Å². The van der Waals surface area contributed by atoms with E-state index in [9.17, 15) is 0 Å². The highest BCUT2D eigenvalue weighted by atomic mass is 32.1. The Labute approximate surface area is 742 Å². The first kappa shape index (κ1) is 76.4. The second kappa shape index (κ2) is 32.9. The molecule has 19 aromatic carbocycles. The molecule has 0 bridgehead atoms. The number of hydrogen-bond acceptors (Lipinski definition) is 8. The van der Waals surface area contributed by atoms with Crippen LogP contribution in [0, 0.1) is 0 Å². The van der Waals surface area contributed by atoms with Gasteiger partial charge in [-0.25, -0.2) is 0 Å². The van der Waals surface area contributed by atoms with E-state index in [1.54, 1.807) is 0 Å².